The van der Waals surface area contributed by atoms with Gasteiger partial charge in [-0.25, -0.2) is 9.83 Å². The zero-order chi connectivity index (χ0) is 15.4. The summed E-state index contributed by atoms with van der Waals surface area (Å²) < 4.78 is 0. The summed E-state index contributed by atoms with van der Waals surface area (Å²) in [5, 5.41) is 12.0. The van der Waals surface area contributed by atoms with Crippen LogP contribution in [0.2, 0.25) is 0 Å². The number of amides is 1. The highest BCUT2D eigenvalue weighted by Crippen LogP contribution is 2.34. The first-order valence-electron chi connectivity index (χ1n) is 5.88. The number of nitrogens with one attached hydrogen (secondary N) is 1. The molecule has 1 unspecified atom stereocenters. The third kappa shape index (κ3) is 2.78. The van der Waals surface area contributed by atoms with Crippen LogP contribution in [-0.4, -0.2) is 31.0 Å². The summed E-state index contributed by atoms with van der Waals surface area (Å²) in [6.45, 7) is 10.5. The van der Waals surface area contributed by atoms with E-state index in [1.807, 2.05) is 6.07 Å². The number of nitrogens with zero attached hydrogens (tertiary/aromatic N) is 4. The van der Waals surface area contributed by atoms with Gasteiger partial charge in [0.1, 0.15) is 23.7 Å². The number of carbonyl (C=O) groups excluding carboxylic acids is 1. The molecule has 0 saturated carbocycles. The molecule has 0 aliphatic rings. The van der Waals surface area contributed by atoms with E-state index in [1.54, 1.807) is 32.8 Å². The number of nitrogens with two attached hydrogens (primary N) is 1. The maximum Gasteiger partial charge on any atom is 0.239 e. The minimum Gasteiger partial charge on any atom is -0.371 e. The van der Waals surface area contributed by atoms with Crippen LogP contribution in [0.3, 0.4) is 0 Å². The Morgan fingerprint density at radius 3 is 2.60 bits per heavy atom. The van der Waals surface area contributed by atoms with Gasteiger partial charge in [0.25, 0.3) is 0 Å². The van der Waals surface area contributed by atoms with E-state index < -0.39 is 11.9 Å². The van der Waals surface area contributed by atoms with Crippen molar-refractivity contribution in [1.82, 2.24) is 4.98 Å². The quantitative estimate of drug-likeness (QED) is 0.801. The fraction of sp³-hybridized carbons (Fsp3) is 0.385. The normalized spacial score (nSPS) is 11.1. The van der Waals surface area contributed by atoms with Crippen LogP contribution in [0, 0.1) is 24.8 Å². The summed E-state index contributed by atoms with van der Waals surface area (Å²) in [5.41, 5.74) is 6.29. The zero-order valence-corrected chi connectivity index (χ0v) is 11.9. The van der Waals surface area contributed by atoms with Crippen LogP contribution >= 0.6 is 0 Å². The molecule has 1 rings (SSSR count). The monoisotopic (exact) mass is 272 g/mol. The van der Waals surface area contributed by atoms with Gasteiger partial charge < -0.3 is 16.0 Å². The second kappa shape index (κ2) is 5.89. The highest BCUT2D eigenvalue weighted by molar-refractivity contribution is 5.84. The Morgan fingerprint density at radius 1 is 1.60 bits per heavy atom. The minimum absolute atomic E-state index is 0.245. The van der Waals surface area contributed by atoms with E-state index in [0.29, 0.717) is 17.1 Å². The minimum atomic E-state index is -0.664. The summed E-state index contributed by atoms with van der Waals surface area (Å²) >= 11 is 0. The van der Waals surface area contributed by atoms with Crippen LogP contribution in [-0.2, 0) is 4.79 Å². The van der Waals surface area contributed by atoms with Gasteiger partial charge in [0.05, 0.1) is 12.1 Å². The summed E-state index contributed by atoms with van der Waals surface area (Å²) in [5.74, 6) is 0.150. The Hall–Kier alpha value is -2.80. The maximum atomic E-state index is 11.1. The fourth-order valence-corrected chi connectivity index (χ4v) is 1.64. The van der Waals surface area contributed by atoms with E-state index in [-0.39, 0.29) is 11.4 Å². The molecule has 1 aromatic heterocycles. The molecule has 1 aromatic rings. The van der Waals surface area contributed by atoms with E-state index in [0.717, 1.165) is 0 Å². The molecule has 1 heterocycles. The Labute approximate surface area is 117 Å². The van der Waals surface area contributed by atoms with Crippen molar-refractivity contribution < 1.29 is 4.79 Å². The lowest BCUT2D eigenvalue weighted by atomic mass is 10.1. The lowest BCUT2D eigenvalue weighted by molar-refractivity contribution is -0.118. The number of hydrogen-bond donors (Lipinski definition) is 2. The van der Waals surface area contributed by atoms with Crippen molar-refractivity contribution in [2.24, 2.45) is 5.73 Å². The fourth-order valence-electron chi connectivity index (χ4n) is 1.64. The number of nitriles is 1. The zero-order valence-electron chi connectivity index (χ0n) is 11.9. The predicted molar refractivity (Wildman–Crippen MR) is 76.6 cm³/mol. The number of pyridine rings is 1. The van der Waals surface area contributed by atoms with Crippen molar-refractivity contribution in [3.8, 4) is 6.07 Å². The second-order valence-corrected chi connectivity index (χ2v) is 4.52. The maximum absolute atomic E-state index is 11.1. The summed E-state index contributed by atoms with van der Waals surface area (Å²) in [4.78, 5) is 20.5. The largest absolute Gasteiger partial charge is 0.371 e. The molecular formula is C13H16N6O. The number of anilines is 2. The third-order valence-electron chi connectivity index (χ3n) is 2.82. The molecular weight excluding hydrogens is 256 g/mol. The van der Waals surface area contributed by atoms with Gasteiger partial charge in [0.2, 0.25) is 11.6 Å². The predicted octanol–water partition coefficient (Wildman–Crippen LogP) is 1.16. The van der Waals surface area contributed by atoms with Gasteiger partial charge in [-0.05, 0) is 19.4 Å². The molecule has 0 aliphatic heterocycles. The summed E-state index contributed by atoms with van der Waals surface area (Å²) in [6.07, 6.45) is 0. The van der Waals surface area contributed by atoms with Crippen molar-refractivity contribution in [3.05, 3.63) is 22.5 Å². The SMILES string of the molecule is [C-]#[N+]c1c(N(C)C)nc(NC(C)C(N)=O)c(C#N)c1C. The van der Waals surface area contributed by atoms with Gasteiger partial charge in [0.15, 0.2) is 0 Å². The van der Waals surface area contributed by atoms with E-state index >= 15 is 0 Å². The number of hydrogen-bond acceptors (Lipinski definition) is 5. The van der Waals surface area contributed by atoms with Crippen LogP contribution in [0.25, 0.3) is 4.85 Å². The first-order chi connectivity index (χ1) is 9.33. The van der Waals surface area contributed by atoms with Gasteiger partial charge in [-0.2, -0.15) is 5.26 Å². The molecule has 0 spiro atoms. The van der Waals surface area contributed by atoms with Crippen LogP contribution in [0.15, 0.2) is 0 Å². The highest BCUT2D eigenvalue weighted by atomic mass is 16.1. The molecule has 3 N–H and O–H groups in total. The summed E-state index contributed by atoms with van der Waals surface area (Å²) in [6, 6.07) is 1.35. The van der Waals surface area contributed by atoms with Crippen LogP contribution in [0.1, 0.15) is 18.1 Å². The molecule has 0 fully saturated rings. The Bertz CT molecular complexity index is 623. The van der Waals surface area contributed by atoms with E-state index in [1.165, 1.54) is 0 Å². The third-order valence-corrected chi connectivity index (χ3v) is 2.82. The van der Waals surface area contributed by atoms with Crippen LogP contribution in [0.4, 0.5) is 17.3 Å². The molecule has 1 amide bonds. The number of rotatable bonds is 4. The van der Waals surface area contributed by atoms with Gasteiger partial charge in [-0.3, -0.25) is 4.79 Å². The first kappa shape index (κ1) is 15.3. The first-order valence-corrected chi connectivity index (χ1v) is 5.88. The smallest absolute Gasteiger partial charge is 0.239 e. The molecule has 0 bridgehead atoms. The molecule has 7 heteroatoms. The van der Waals surface area contributed by atoms with Crippen molar-refractivity contribution in [3.63, 3.8) is 0 Å². The molecule has 104 valence electrons. The van der Waals surface area contributed by atoms with Crippen molar-refractivity contribution in [2.45, 2.75) is 19.9 Å². The van der Waals surface area contributed by atoms with Gasteiger partial charge in [-0.15, -0.1) is 0 Å². The lowest BCUT2D eigenvalue weighted by Crippen LogP contribution is -2.33. The molecule has 7 nitrogen and oxygen atoms in total. The van der Waals surface area contributed by atoms with Gasteiger partial charge in [0, 0.05) is 14.1 Å². The number of aromatic nitrogens is 1. The van der Waals surface area contributed by atoms with E-state index in [9.17, 15) is 10.1 Å². The van der Waals surface area contributed by atoms with Crippen molar-refractivity contribution in [2.75, 3.05) is 24.3 Å². The van der Waals surface area contributed by atoms with E-state index in [4.69, 9.17) is 12.3 Å². The molecule has 20 heavy (non-hydrogen) atoms. The Balaban J connectivity index is 3.49. The van der Waals surface area contributed by atoms with Crippen molar-refractivity contribution >= 4 is 23.2 Å². The molecule has 0 saturated heterocycles. The Kier molecular flexibility index (Phi) is 4.50. The van der Waals surface area contributed by atoms with Crippen molar-refractivity contribution in [1.29, 1.82) is 5.26 Å². The van der Waals surface area contributed by atoms with Crippen LogP contribution in [0.5, 0.6) is 0 Å². The molecule has 0 radical (unpaired) electrons. The topological polar surface area (TPSA) is 99.4 Å². The molecule has 0 aromatic carbocycles. The van der Waals surface area contributed by atoms with E-state index in [2.05, 4.69) is 15.1 Å². The lowest BCUT2D eigenvalue weighted by Gasteiger charge is -2.20. The molecule has 0 aliphatic carbocycles. The Morgan fingerprint density at radius 2 is 2.20 bits per heavy atom. The average molecular weight is 272 g/mol. The number of carbonyl (C=O) groups is 1. The summed E-state index contributed by atoms with van der Waals surface area (Å²) in [7, 11) is 3.51. The van der Waals surface area contributed by atoms with Crippen LogP contribution < -0.4 is 16.0 Å². The van der Waals surface area contributed by atoms with Gasteiger partial charge in [-0.1, -0.05) is 0 Å². The highest BCUT2D eigenvalue weighted by Gasteiger charge is 2.20. The second-order valence-electron chi connectivity index (χ2n) is 4.52. The average Bonchev–Trinajstić information content (AvgIpc) is 2.38. The molecule has 1 atom stereocenters. The standard InChI is InChI=1S/C13H16N6O/c1-7-9(6-14)12(17-8(2)11(15)20)18-13(19(4)5)10(7)16-3/h8H,1-2,4-5H3,(H2,15,20)(H,17,18). The van der Waals surface area contributed by atoms with Gasteiger partial charge >= 0.3 is 0 Å². The number of primary amides is 1.